The lowest BCUT2D eigenvalue weighted by Gasteiger charge is -2.36. The Hall–Kier alpha value is -3.99. The van der Waals surface area contributed by atoms with E-state index in [1.165, 1.54) is 44.4 Å². The SMILES string of the molecule is COc1cc(C(C)=O)ccc1Oc1cccc(S(=O)(=O)NC(=O)c2cccnc2N2CCC(C)C2(C)C)n1. The number of anilines is 1. The standard InChI is InChI=1S/C27H30N4O6S/c1-17-13-15-31(27(17,3)4)25-20(8-7-14-28-25)26(33)30-38(34,35)24-10-6-9-23(29-24)37-21-12-11-19(18(2)32)16-22(21)36-5/h6-12,14,16-17H,13,15H2,1-5H3,(H,30,33). The molecule has 1 saturated heterocycles. The molecule has 3 heterocycles. The lowest BCUT2D eigenvalue weighted by Crippen LogP contribution is -2.43. The van der Waals surface area contributed by atoms with Gasteiger partial charge in [0.25, 0.3) is 15.9 Å². The van der Waals surface area contributed by atoms with Crippen LogP contribution in [0.4, 0.5) is 5.82 Å². The number of ketones is 1. The van der Waals surface area contributed by atoms with Gasteiger partial charge in [-0.05, 0) is 69.5 Å². The molecule has 3 aromatic rings. The summed E-state index contributed by atoms with van der Waals surface area (Å²) >= 11 is 0. The van der Waals surface area contributed by atoms with Gasteiger partial charge in [-0.25, -0.2) is 9.71 Å². The van der Waals surface area contributed by atoms with Crippen LogP contribution in [0, 0.1) is 5.92 Å². The molecule has 2 aromatic heterocycles. The van der Waals surface area contributed by atoms with E-state index in [2.05, 4.69) is 35.5 Å². The zero-order valence-corrected chi connectivity index (χ0v) is 22.7. The molecule has 4 rings (SSSR count). The molecule has 0 bridgehead atoms. The van der Waals surface area contributed by atoms with Crippen LogP contribution < -0.4 is 19.1 Å². The second-order valence-electron chi connectivity index (χ2n) is 9.64. The van der Waals surface area contributed by atoms with Crippen LogP contribution in [0.3, 0.4) is 0 Å². The molecule has 0 spiro atoms. The number of benzene rings is 1. The van der Waals surface area contributed by atoms with Gasteiger partial charge in [-0.15, -0.1) is 0 Å². The first-order valence-corrected chi connectivity index (χ1v) is 13.6. The number of rotatable bonds is 8. The van der Waals surface area contributed by atoms with Crippen molar-refractivity contribution in [2.45, 2.75) is 44.7 Å². The smallest absolute Gasteiger partial charge is 0.281 e. The second kappa shape index (κ2) is 10.4. The van der Waals surface area contributed by atoms with Gasteiger partial charge in [0.1, 0.15) is 5.82 Å². The van der Waals surface area contributed by atoms with E-state index in [-0.39, 0.29) is 34.3 Å². The molecule has 1 aromatic carbocycles. The summed E-state index contributed by atoms with van der Waals surface area (Å²) in [6.07, 6.45) is 2.52. The zero-order valence-electron chi connectivity index (χ0n) is 21.9. The van der Waals surface area contributed by atoms with Gasteiger partial charge < -0.3 is 14.4 Å². The van der Waals surface area contributed by atoms with E-state index in [9.17, 15) is 18.0 Å². The molecule has 10 nitrogen and oxygen atoms in total. The van der Waals surface area contributed by atoms with Gasteiger partial charge in [-0.2, -0.15) is 13.4 Å². The summed E-state index contributed by atoms with van der Waals surface area (Å²) in [6, 6.07) is 11.9. The average Bonchev–Trinajstić information content (AvgIpc) is 3.15. The fraction of sp³-hybridized carbons (Fsp3) is 0.333. The van der Waals surface area contributed by atoms with Gasteiger partial charge >= 0.3 is 0 Å². The molecule has 0 saturated carbocycles. The van der Waals surface area contributed by atoms with Gasteiger partial charge in [-0.1, -0.05) is 13.0 Å². The monoisotopic (exact) mass is 538 g/mol. The van der Waals surface area contributed by atoms with Crippen molar-refractivity contribution >= 4 is 27.5 Å². The Morgan fingerprint density at radius 3 is 2.53 bits per heavy atom. The number of carbonyl (C=O) groups is 2. The van der Waals surface area contributed by atoms with Gasteiger partial charge in [0.2, 0.25) is 5.88 Å². The largest absolute Gasteiger partial charge is 0.493 e. The van der Waals surface area contributed by atoms with E-state index in [4.69, 9.17) is 9.47 Å². The minimum absolute atomic E-state index is 0.0379. The summed E-state index contributed by atoms with van der Waals surface area (Å²) in [6.45, 7) is 8.43. The quantitative estimate of drug-likeness (QED) is 0.419. The minimum atomic E-state index is -4.35. The van der Waals surface area contributed by atoms with E-state index >= 15 is 0 Å². The van der Waals surface area contributed by atoms with Crippen molar-refractivity contribution in [3.05, 3.63) is 65.9 Å². The summed E-state index contributed by atoms with van der Waals surface area (Å²) in [5.74, 6) is 0.336. The summed E-state index contributed by atoms with van der Waals surface area (Å²) in [4.78, 5) is 35.4. The predicted octanol–water partition coefficient (Wildman–Crippen LogP) is 4.22. The van der Waals surface area contributed by atoms with Crippen LogP contribution in [-0.4, -0.2) is 49.3 Å². The Labute approximate surface area is 222 Å². The molecule has 1 atom stereocenters. The summed E-state index contributed by atoms with van der Waals surface area (Å²) in [5.41, 5.74) is 0.336. The van der Waals surface area contributed by atoms with E-state index < -0.39 is 21.0 Å². The Balaban J connectivity index is 1.58. The van der Waals surface area contributed by atoms with Gasteiger partial charge in [0, 0.05) is 29.9 Å². The van der Waals surface area contributed by atoms with Crippen molar-refractivity contribution in [1.29, 1.82) is 0 Å². The van der Waals surface area contributed by atoms with E-state index in [1.807, 2.05) is 4.90 Å². The predicted molar refractivity (Wildman–Crippen MR) is 141 cm³/mol. The van der Waals surface area contributed by atoms with Crippen LogP contribution in [0.2, 0.25) is 0 Å². The van der Waals surface area contributed by atoms with E-state index in [0.29, 0.717) is 23.8 Å². The first-order chi connectivity index (χ1) is 17.9. The number of amides is 1. The fourth-order valence-corrected chi connectivity index (χ4v) is 5.24. The number of pyridine rings is 2. The van der Waals surface area contributed by atoms with E-state index in [1.54, 1.807) is 24.4 Å². The normalized spacial score (nSPS) is 16.7. The number of carbonyl (C=O) groups excluding carboxylic acids is 2. The molecule has 200 valence electrons. The lowest BCUT2D eigenvalue weighted by molar-refractivity contribution is 0.0979. The number of ether oxygens (including phenoxy) is 2. The number of sulfonamides is 1. The van der Waals surface area contributed by atoms with Crippen LogP contribution in [0.25, 0.3) is 0 Å². The highest BCUT2D eigenvalue weighted by molar-refractivity contribution is 7.90. The number of methoxy groups -OCH3 is 1. The van der Waals surface area contributed by atoms with Crippen LogP contribution in [0.5, 0.6) is 17.4 Å². The summed E-state index contributed by atoms with van der Waals surface area (Å²) in [7, 11) is -2.93. The Kier molecular flexibility index (Phi) is 7.41. The first kappa shape index (κ1) is 27.1. The maximum atomic E-state index is 13.2. The Morgan fingerprint density at radius 2 is 1.87 bits per heavy atom. The molecule has 1 fully saturated rings. The zero-order chi connectivity index (χ0) is 27.7. The van der Waals surface area contributed by atoms with Crippen molar-refractivity contribution in [2.24, 2.45) is 5.92 Å². The Bertz CT molecular complexity index is 1490. The van der Waals surface area contributed by atoms with E-state index in [0.717, 1.165) is 6.42 Å². The molecule has 1 amide bonds. The number of Topliss-reactive ketones (excluding diaryl/α,β-unsaturated/α-hetero) is 1. The van der Waals surface area contributed by atoms with Crippen LogP contribution in [-0.2, 0) is 10.0 Å². The fourth-order valence-electron chi connectivity index (χ4n) is 4.31. The maximum Gasteiger partial charge on any atom is 0.281 e. The highest BCUT2D eigenvalue weighted by Crippen LogP contribution is 2.38. The number of nitrogens with zero attached hydrogens (tertiary/aromatic N) is 3. The third-order valence-corrected chi connectivity index (χ3v) is 8.19. The van der Waals surface area contributed by atoms with Gasteiger partial charge in [-0.3, -0.25) is 9.59 Å². The molecule has 1 unspecified atom stereocenters. The molecule has 38 heavy (non-hydrogen) atoms. The maximum absolute atomic E-state index is 13.2. The highest BCUT2D eigenvalue weighted by atomic mass is 32.2. The molecule has 0 aliphatic carbocycles. The van der Waals surface area contributed by atoms with Gasteiger partial charge in [0.05, 0.1) is 12.7 Å². The van der Waals surface area contributed by atoms with Crippen molar-refractivity contribution in [1.82, 2.24) is 14.7 Å². The molecule has 1 aliphatic heterocycles. The first-order valence-electron chi connectivity index (χ1n) is 12.1. The average molecular weight is 539 g/mol. The van der Waals surface area contributed by atoms with Crippen molar-refractivity contribution in [3.63, 3.8) is 0 Å². The second-order valence-corrected chi connectivity index (χ2v) is 11.3. The molecular weight excluding hydrogens is 508 g/mol. The number of hydrogen-bond donors (Lipinski definition) is 1. The minimum Gasteiger partial charge on any atom is -0.493 e. The summed E-state index contributed by atoms with van der Waals surface area (Å²) < 4.78 is 39.4. The third kappa shape index (κ3) is 5.33. The molecule has 1 N–H and O–H groups in total. The number of nitrogens with one attached hydrogen (secondary N) is 1. The lowest BCUT2D eigenvalue weighted by atomic mass is 9.90. The molecular formula is C27H30N4O6S. The molecule has 0 radical (unpaired) electrons. The topological polar surface area (TPSA) is 128 Å². The van der Waals surface area contributed by atoms with Gasteiger partial charge in [0.15, 0.2) is 22.3 Å². The van der Waals surface area contributed by atoms with Crippen LogP contribution in [0.1, 0.15) is 54.8 Å². The number of hydrogen-bond acceptors (Lipinski definition) is 9. The van der Waals surface area contributed by atoms with Crippen LogP contribution in [0.15, 0.2) is 59.8 Å². The molecule has 11 heteroatoms. The highest BCUT2D eigenvalue weighted by Gasteiger charge is 2.40. The van der Waals surface area contributed by atoms with Crippen LogP contribution >= 0.6 is 0 Å². The number of aromatic nitrogens is 2. The Morgan fingerprint density at radius 1 is 1.11 bits per heavy atom. The van der Waals surface area contributed by atoms with Crippen molar-refractivity contribution < 1.29 is 27.5 Å². The van der Waals surface area contributed by atoms with Crippen molar-refractivity contribution in [3.8, 4) is 17.4 Å². The summed E-state index contributed by atoms with van der Waals surface area (Å²) in [5, 5.41) is -0.400. The van der Waals surface area contributed by atoms with Crippen molar-refractivity contribution in [2.75, 3.05) is 18.6 Å². The molecule has 1 aliphatic rings. The third-order valence-electron chi connectivity index (χ3n) is 6.96.